The number of ether oxygens (including phenoxy) is 2. The van der Waals surface area contributed by atoms with Gasteiger partial charge in [-0.3, -0.25) is 4.72 Å². The van der Waals surface area contributed by atoms with Crippen molar-refractivity contribution in [2.24, 2.45) is 0 Å². The highest BCUT2D eigenvalue weighted by molar-refractivity contribution is 7.92. The summed E-state index contributed by atoms with van der Waals surface area (Å²) in [6.45, 7) is 4.79. The van der Waals surface area contributed by atoms with Gasteiger partial charge in [-0.1, -0.05) is 13.8 Å². The fourth-order valence-electron chi connectivity index (χ4n) is 2.95. The lowest BCUT2D eigenvalue weighted by molar-refractivity contribution is 0.108. The number of methoxy groups -OCH3 is 1. The van der Waals surface area contributed by atoms with Crippen molar-refractivity contribution in [3.8, 4) is 11.5 Å². The van der Waals surface area contributed by atoms with Crippen molar-refractivity contribution in [1.29, 1.82) is 0 Å². The molecule has 0 unspecified atom stereocenters. The molecule has 140 valence electrons. The Hall–Kier alpha value is -2.32. The molecule has 3 rings (SSSR count). The largest absolute Gasteiger partial charge is 0.504 e. The molecule has 0 saturated heterocycles. The maximum absolute atomic E-state index is 12.7. The molecule has 1 aromatic heterocycles. The van der Waals surface area contributed by atoms with Gasteiger partial charge in [0.15, 0.2) is 11.6 Å². The summed E-state index contributed by atoms with van der Waals surface area (Å²) in [6, 6.07) is 6.00. The Balaban J connectivity index is 2.02. The second-order valence-electron chi connectivity index (χ2n) is 6.39. The Morgan fingerprint density at radius 1 is 1.23 bits per heavy atom. The molecular formula is C18H22N2O5S. The molecule has 8 heteroatoms. The summed E-state index contributed by atoms with van der Waals surface area (Å²) < 4.78 is 38.3. The van der Waals surface area contributed by atoms with Crippen molar-refractivity contribution in [2.75, 3.05) is 18.4 Å². The number of sulfonamides is 1. The molecule has 7 nitrogen and oxygen atoms in total. The first kappa shape index (κ1) is 18.5. The monoisotopic (exact) mass is 378 g/mol. The van der Waals surface area contributed by atoms with Crippen LogP contribution in [0.5, 0.6) is 11.5 Å². The predicted octanol–water partition coefficient (Wildman–Crippen LogP) is 2.79. The summed E-state index contributed by atoms with van der Waals surface area (Å²) in [6.07, 6.45) is 0.515. The van der Waals surface area contributed by atoms with E-state index in [9.17, 15) is 13.5 Å². The first-order valence-electron chi connectivity index (χ1n) is 8.32. The van der Waals surface area contributed by atoms with E-state index in [-0.39, 0.29) is 22.4 Å². The molecule has 0 atom stereocenters. The zero-order valence-corrected chi connectivity index (χ0v) is 15.8. The van der Waals surface area contributed by atoms with Crippen LogP contribution in [0.25, 0.3) is 0 Å². The molecule has 0 saturated carbocycles. The average Bonchev–Trinajstić information content (AvgIpc) is 2.63. The molecule has 0 bridgehead atoms. The fraction of sp³-hybridized carbons (Fsp3) is 0.389. The zero-order chi connectivity index (χ0) is 18.9. The minimum absolute atomic E-state index is 0.0508. The summed E-state index contributed by atoms with van der Waals surface area (Å²) in [4.78, 5) is 4.45. The summed E-state index contributed by atoms with van der Waals surface area (Å²) in [5.74, 6) is 0.436. The lowest BCUT2D eigenvalue weighted by atomic mass is 9.95. The van der Waals surface area contributed by atoms with Gasteiger partial charge in [0.1, 0.15) is 5.75 Å². The topological polar surface area (TPSA) is 97.8 Å². The molecule has 2 aromatic rings. The van der Waals surface area contributed by atoms with Crippen molar-refractivity contribution in [3.05, 3.63) is 41.1 Å². The molecule has 1 aliphatic heterocycles. The number of pyridine rings is 1. The van der Waals surface area contributed by atoms with Crippen LogP contribution in [0, 0.1) is 0 Å². The molecule has 26 heavy (non-hydrogen) atoms. The van der Waals surface area contributed by atoms with Crippen LogP contribution in [0.4, 0.5) is 5.82 Å². The number of nitrogens with zero attached hydrogens (tertiary/aromatic N) is 1. The minimum Gasteiger partial charge on any atom is -0.504 e. The van der Waals surface area contributed by atoms with E-state index in [0.717, 1.165) is 11.3 Å². The first-order valence-corrected chi connectivity index (χ1v) is 9.81. The molecule has 1 aliphatic rings. The lowest BCUT2D eigenvalue weighted by Gasteiger charge is -2.24. The van der Waals surface area contributed by atoms with E-state index in [4.69, 9.17) is 9.47 Å². The van der Waals surface area contributed by atoms with Crippen molar-refractivity contribution in [2.45, 2.75) is 37.7 Å². The number of benzene rings is 1. The van der Waals surface area contributed by atoms with Gasteiger partial charge >= 0.3 is 0 Å². The van der Waals surface area contributed by atoms with E-state index in [1.165, 1.54) is 19.2 Å². The number of fused-ring (bicyclic) bond motifs is 1. The Morgan fingerprint density at radius 2 is 1.92 bits per heavy atom. The minimum atomic E-state index is -3.89. The van der Waals surface area contributed by atoms with Gasteiger partial charge in [-0.2, -0.15) is 0 Å². The number of anilines is 1. The summed E-state index contributed by atoms with van der Waals surface area (Å²) in [7, 11) is -2.38. The second-order valence-corrected chi connectivity index (χ2v) is 8.07. The van der Waals surface area contributed by atoms with E-state index in [0.29, 0.717) is 30.9 Å². The smallest absolute Gasteiger partial charge is 0.263 e. The van der Waals surface area contributed by atoms with Gasteiger partial charge in [-0.15, -0.1) is 0 Å². The van der Waals surface area contributed by atoms with Crippen LogP contribution in [0.2, 0.25) is 0 Å². The third-order valence-electron chi connectivity index (χ3n) is 4.31. The number of aromatic nitrogens is 1. The van der Waals surface area contributed by atoms with Crippen LogP contribution in [-0.2, 0) is 27.8 Å². The quantitative estimate of drug-likeness (QED) is 0.830. The Kier molecular flexibility index (Phi) is 5.06. The maximum Gasteiger partial charge on any atom is 0.263 e. The van der Waals surface area contributed by atoms with Gasteiger partial charge in [0, 0.05) is 11.1 Å². The summed E-state index contributed by atoms with van der Waals surface area (Å²) in [5, 5.41) is 10.6. The van der Waals surface area contributed by atoms with Crippen molar-refractivity contribution in [3.63, 3.8) is 0 Å². The highest BCUT2D eigenvalue weighted by Crippen LogP contribution is 2.37. The second kappa shape index (κ2) is 7.13. The summed E-state index contributed by atoms with van der Waals surface area (Å²) >= 11 is 0. The van der Waals surface area contributed by atoms with E-state index in [1.807, 2.05) is 13.8 Å². The van der Waals surface area contributed by atoms with Gasteiger partial charge in [0.05, 0.1) is 30.9 Å². The maximum atomic E-state index is 12.7. The highest BCUT2D eigenvalue weighted by Gasteiger charge is 2.26. The van der Waals surface area contributed by atoms with Crippen molar-refractivity contribution in [1.82, 2.24) is 4.98 Å². The van der Waals surface area contributed by atoms with E-state index < -0.39 is 10.0 Å². The van der Waals surface area contributed by atoms with Crippen LogP contribution in [0.3, 0.4) is 0 Å². The predicted molar refractivity (Wildman–Crippen MR) is 97.2 cm³/mol. The number of rotatable bonds is 5. The van der Waals surface area contributed by atoms with Crippen LogP contribution >= 0.6 is 0 Å². The molecule has 0 radical (unpaired) electrons. The SMILES string of the molecule is COc1ccc(S(=O)(=O)Nc2nc(C(C)C)c3c(c2O)CCOC3)cc1. The van der Waals surface area contributed by atoms with Gasteiger partial charge < -0.3 is 14.6 Å². The number of aromatic hydroxyl groups is 1. The zero-order valence-electron chi connectivity index (χ0n) is 14.9. The molecule has 2 N–H and O–H groups in total. The normalized spacial score (nSPS) is 14.2. The van der Waals surface area contributed by atoms with Crippen LogP contribution < -0.4 is 9.46 Å². The van der Waals surface area contributed by atoms with Crippen molar-refractivity contribution >= 4 is 15.8 Å². The Bertz CT molecular complexity index is 908. The van der Waals surface area contributed by atoms with E-state index in [2.05, 4.69) is 9.71 Å². The van der Waals surface area contributed by atoms with Crippen LogP contribution in [0.15, 0.2) is 29.2 Å². The van der Waals surface area contributed by atoms with E-state index in [1.54, 1.807) is 12.1 Å². The number of hydrogen-bond donors (Lipinski definition) is 2. The van der Waals surface area contributed by atoms with Gasteiger partial charge in [0.25, 0.3) is 10.0 Å². The van der Waals surface area contributed by atoms with Crippen LogP contribution in [0.1, 0.15) is 36.6 Å². The molecule has 0 amide bonds. The standard InChI is InChI=1S/C18H22N2O5S/c1-11(2)16-15-10-25-9-8-14(15)17(21)18(19-16)20-26(22,23)13-6-4-12(24-3)5-7-13/h4-7,11,21H,8-10H2,1-3H3,(H,19,20). The first-order chi connectivity index (χ1) is 12.3. The number of hydrogen-bond acceptors (Lipinski definition) is 6. The van der Waals surface area contributed by atoms with Gasteiger partial charge in [-0.05, 0) is 36.6 Å². The van der Waals surface area contributed by atoms with Gasteiger partial charge in [0.2, 0.25) is 0 Å². The fourth-order valence-corrected chi connectivity index (χ4v) is 3.96. The van der Waals surface area contributed by atoms with Crippen LogP contribution in [-0.4, -0.2) is 32.2 Å². The van der Waals surface area contributed by atoms with Crippen molar-refractivity contribution < 1.29 is 23.0 Å². The lowest BCUT2D eigenvalue weighted by Crippen LogP contribution is -2.19. The third kappa shape index (κ3) is 3.47. The highest BCUT2D eigenvalue weighted by atomic mass is 32.2. The average molecular weight is 378 g/mol. The van der Waals surface area contributed by atoms with Gasteiger partial charge in [-0.25, -0.2) is 13.4 Å². The molecule has 1 aromatic carbocycles. The molecule has 0 fully saturated rings. The third-order valence-corrected chi connectivity index (χ3v) is 5.66. The molecule has 2 heterocycles. The van der Waals surface area contributed by atoms with E-state index >= 15 is 0 Å². The Morgan fingerprint density at radius 3 is 2.54 bits per heavy atom. The molecular weight excluding hydrogens is 356 g/mol. The summed E-state index contributed by atoms with van der Waals surface area (Å²) in [5.41, 5.74) is 2.27. The number of nitrogens with one attached hydrogen (secondary N) is 1. The molecule has 0 spiro atoms. The molecule has 0 aliphatic carbocycles. The Labute approximate surface area is 153 Å².